The number of methoxy groups -OCH3 is 2. The van der Waals surface area contributed by atoms with Gasteiger partial charge in [0.1, 0.15) is 22.7 Å². The number of nitrogens with zero attached hydrogens (tertiary/aromatic N) is 4. The topological polar surface area (TPSA) is 102 Å². The highest BCUT2D eigenvalue weighted by Crippen LogP contribution is 2.26. The highest BCUT2D eigenvalue weighted by atomic mass is 35.5. The van der Waals surface area contributed by atoms with E-state index in [0.29, 0.717) is 54.6 Å². The highest BCUT2D eigenvalue weighted by Gasteiger charge is 2.20. The number of pyridine rings is 1. The van der Waals surface area contributed by atoms with Crippen molar-refractivity contribution in [1.82, 2.24) is 14.5 Å². The van der Waals surface area contributed by atoms with Crippen molar-refractivity contribution in [2.45, 2.75) is 57.7 Å². The Balaban J connectivity index is 1.60. The third-order valence-electron chi connectivity index (χ3n) is 8.15. The van der Waals surface area contributed by atoms with Crippen LogP contribution in [0.15, 0.2) is 89.9 Å². The van der Waals surface area contributed by atoms with E-state index in [2.05, 4.69) is 17.1 Å². The number of ether oxygens (including phenoxy) is 2. The molecule has 1 unspecified atom stereocenters. The van der Waals surface area contributed by atoms with Gasteiger partial charge in [0.2, 0.25) is 5.95 Å². The molecule has 0 aliphatic heterocycles. The van der Waals surface area contributed by atoms with Crippen LogP contribution in [0.2, 0.25) is 0 Å². The molecule has 47 heavy (non-hydrogen) atoms. The van der Waals surface area contributed by atoms with Crippen molar-refractivity contribution in [2.24, 2.45) is 0 Å². The van der Waals surface area contributed by atoms with E-state index in [0.717, 1.165) is 46.6 Å². The zero-order valence-corrected chi connectivity index (χ0v) is 27.9. The average molecular weight is 656 g/mol. The maximum Gasteiger partial charge on any atom is 0.264 e. The smallest absolute Gasteiger partial charge is 0.264 e. The lowest BCUT2D eigenvalue weighted by atomic mass is 10.1. The van der Waals surface area contributed by atoms with Crippen LogP contribution in [-0.4, -0.2) is 46.5 Å². The van der Waals surface area contributed by atoms with Crippen molar-refractivity contribution in [3.05, 3.63) is 118 Å². The minimum atomic E-state index is -0.186. The Bertz CT molecular complexity index is 1740. The molecule has 5 rings (SSSR count). The van der Waals surface area contributed by atoms with Crippen LogP contribution >= 0.6 is 11.6 Å². The molecule has 0 aliphatic carbocycles. The van der Waals surface area contributed by atoms with Crippen LogP contribution < -0.4 is 25.2 Å². The lowest BCUT2D eigenvalue weighted by Crippen LogP contribution is -2.28. The molecular formula is C37H42ClN5O4. The summed E-state index contributed by atoms with van der Waals surface area (Å²) in [6.45, 7) is 3.56. The number of alkyl halides is 1. The van der Waals surface area contributed by atoms with Gasteiger partial charge < -0.3 is 29.4 Å². The third kappa shape index (κ3) is 8.61. The predicted octanol–water partition coefficient (Wildman–Crippen LogP) is 6.77. The van der Waals surface area contributed by atoms with Gasteiger partial charge in [0.15, 0.2) is 0 Å². The second-order valence-corrected chi connectivity index (χ2v) is 11.8. The first-order chi connectivity index (χ1) is 22.9. The van der Waals surface area contributed by atoms with E-state index in [-0.39, 0.29) is 18.2 Å². The van der Waals surface area contributed by atoms with E-state index < -0.39 is 0 Å². The molecule has 3 aromatic carbocycles. The first-order valence-corrected chi connectivity index (χ1v) is 16.4. The third-order valence-corrected chi connectivity index (χ3v) is 8.45. The molecule has 0 saturated carbocycles. The lowest BCUT2D eigenvalue weighted by molar-refractivity contribution is 0.276. The summed E-state index contributed by atoms with van der Waals surface area (Å²) < 4.78 is 12.4. The predicted molar refractivity (Wildman–Crippen MR) is 189 cm³/mol. The molecule has 0 saturated heterocycles. The van der Waals surface area contributed by atoms with E-state index in [4.69, 9.17) is 31.0 Å². The minimum absolute atomic E-state index is 0.0249. The van der Waals surface area contributed by atoms with Gasteiger partial charge in [-0.15, -0.1) is 11.6 Å². The number of rotatable bonds is 16. The molecule has 0 radical (unpaired) electrons. The summed E-state index contributed by atoms with van der Waals surface area (Å²) in [5.74, 6) is 2.94. The van der Waals surface area contributed by atoms with Crippen molar-refractivity contribution in [3.63, 3.8) is 0 Å². The van der Waals surface area contributed by atoms with Crippen LogP contribution in [0.4, 0.5) is 11.8 Å². The quantitative estimate of drug-likeness (QED) is 0.112. The van der Waals surface area contributed by atoms with Crippen LogP contribution in [0, 0.1) is 0 Å². The minimum Gasteiger partial charge on any atom is -0.497 e. The summed E-state index contributed by atoms with van der Waals surface area (Å²) in [6, 6.07) is 25.6. The maximum absolute atomic E-state index is 14.1. The number of aliphatic hydroxyl groups excluding tert-OH is 1. The molecule has 5 aromatic rings. The van der Waals surface area contributed by atoms with Crippen LogP contribution in [0.25, 0.3) is 10.9 Å². The Morgan fingerprint density at radius 3 is 1.94 bits per heavy atom. The zero-order chi connectivity index (χ0) is 33.2. The summed E-state index contributed by atoms with van der Waals surface area (Å²) in [6.07, 6.45) is 4.05. The normalized spacial score (nSPS) is 11.8. The molecule has 1 atom stereocenters. The van der Waals surface area contributed by atoms with Gasteiger partial charge >= 0.3 is 0 Å². The summed E-state index contributed by atoms with van der Waals surface area (Å²) in [4.78, 5) is 26.2. The Kier molecular flexibility index (Phi) is 11.7. The fourth-order valence-corrected chi connectivity index (χ4v) is 5.73. The van der Waals surface area contributed by atoms with Crippen molar-refractivity contribution >= 4 is 34.3 Å². The monoisotopic (exact) mass is 655 g/mol. The summed E-state index contributed by atoms with van der Waals surface area (Å²) in [7, 11) is 3.30. The first kappa shape index (κ1) is 33.8. The molecule has 2 N–H and O–H groups in total. The van der Waals surface area contributed by atoms with Crippen molar-refractivity contribution in [1.29, 1.82) is 0 Å². The van der Waals surface area contributed by atoms with Gasteiger partial charge in [0.05, 0.1) is 26.3 Å². The number of nitrogens with one attached hydrogen (secondary N) is 1. The molecule has 2 heterocycles. The molecule has 0 bridgehead atoms. The van der Waals surface area contributed by atoms with E-state index >= 15 is 0 Å². The maximum atomic E-state index is 14.1. The Morgan fingerprint density at radius 2 is 1.40 bits per heavy atom. The standard InChI is InChI=1S/C37H42ClN5O4/c1-4-5-30(19-21-44)39-35-34-33(18-20-42(36(34)45)23-27-8-6-26(22-38)7-9-27)40-37(41-35)43(24-28-10-14-31(46-2)15-11-28)25-29-12-16-32(47-3)17-13-29/h6-18,20,30,44H,4-5,19,21-25H2,1-3H3,(H,39,40,41). The number of hydrogen-bond acceptors (Lipinski definition) is 8. The highest BCUT2D eigenvalue weighted by molar-refractivity contribution is 6.17. The Hall–Kier alpha value is -4.60. The molecule has 246 valence electrons. The van der Waals surface area contributed by atoms with Gasteiger partial charge in [-0.25, -0.2) is 4.98 Å². The number of anilines is 2. The van der Waals surface area contributed by atoms with E-state index in [1.54, 1.807) is 25.0 Å². The number of benzene rings is 3. The summed E-state index contributed by atoms with van der Waals surface area (Å²) in [5, 5.41) is 13.8. The largest absolute Gasteiger partial charge is 0.497 e. The van der Waals surface area contributed by atoms with Crippen LogP contribution in [0.3, 0.4) is 0 Å². The SMILES string of the molecule is CCCC(CCO)Nc1nc(N(Cc2ccc(OC)cc2)Cc2ccc(OC)cc2)nc2ccn(Cc3ccc(CCl)cc3)c(=O)c12. The number of aliphatic hydroxyl groups is 1. The fourth-order valence-electron chi connectivity index (χ4n) is 5.56. The van der Waals surface area contributed by atoms with Crippen LogP contribution in [0.5, 0.6) is 11.5 Å². The number of fused-ring (bicyclic) bond motifs is 1. The molecule has 9 nitrogen and oxygen atoms in total. The number of halogens is 1. The van der Waals surface area contributed by atoms with Crippen molar-refractivity contribution < 1.29 is 14.6 Å². The molecule has 10 heteroatoms. The average Bonchev–Trinajstić information content (AvgIpc) is 3.10. The molecule has 0 fully saturated rings. The molecular weight excluding hydrogens is 614 g/mol. The van der Waals surface area contributed by atoms with E-state index in [1.807, 2.05) is 78.9 Å². The number of aromatic nitrogens is 3. The van der Waals surface area contributed by atoms with Crippen molar-refractivity contribution in [2.75, 3.05) is 31.0 Å². The Morgan fingerprint density at radius 1 is 0.830 bits per heavy atom. The van der Waals surface area contributed by atoms with E-state index in [1.165, 1.54) is 0 Å². The van der Waals surface area contributed by atoms with Gasteiger partial charge in [0, 0.05) is 37.8 Å². The van der Waals surface area contributed by atoms with Gasteiger partial charge in [0.25, 0.3) is 5.56 Å². The van der Waals surface area contributed by atoms with Gasteiger partial charge in [-0.1, -0.05) is 61.9 Å². The molecule has 0 aliphatic rings. The summed E-state index contributed by atoms with van der Waals surface area (Å²) in [5.41, 5.74) is 4.48. The second kappa shape index (κ2) is 16.3. The molecule has 0 amide bonds. The number of hydrogen-bond donors (Lipinski definition) is 2. The van der Waals surface area contributed by atoms with Gasteiger partial charge in [-0.05, 0) is 65.4 Å². The second-order valence-electron chi connectivity index (χ2n) is 11.5. The summed E-state index contributed by atoms with van der Waals surface area (Å²) >= 11 is 5.98. The lowest BCUT2D eigenvalue weighted by Gasteiger charge is -2.25. The van der Waals surface area contributed by atoms with Crippen LogP contribution in [-0.2, 0) is 25.5 Å². The van der Waals surface area contributed by atoms with E-state index in [9.17, 15) is 9.90 Å². The Labute approximate surface area is 280 Å². The van der Waals surface area contributed by atoms with Gasteiger partial charge in [-0.2, -0.15) is 4.98 Å². The van der Waals surface area contributed by atoms with Crippen molar-refractivity contribution in [3.8, 4) is 11.5 Å². The van der Waals surface area contributed by atoms with Gasteiger partial charge in [-0.3, -0.25) is 4.79 Å². The molecule has 0 spiro atoms. The van der Waals surface area contributed by atoms with Crippen LogP contribution in [0.1, 0.15) is 48.4 Å². The first-order valence-electron chi connectivity index (χ1n) is 15.9. The zero-order valence-electron chi connectivity index (χ0n) is 27.2. The fraction of sp³-hybridized carbons (Fsp3) is 0.324. The molecule has 2 aromatic heterocycles.